The second-order valence-electron chi connectivity index (χ2n) is 3.05. The summed E-state index contributed by atoms with van der Waals surface area (Å²) in [6, 6.07) is 0. The molecule has 0 aromatic rings. The van der Waals surface area contributed by atoms with Crippen LogP contribution in [0.5, 0.6) is 0 Å². The van der Waals surface area contributed by atoms with Crippen LogP contribution in [-0.2, 0) is 19.0 Å². The van der Waals surface area contributed by atoms with Crippen molar-refractivity contribution in [3.63, 3.8) is 0 Å². The smallest absolute Gasteiger partial charge is 0.307 e. The Bertz CT molecular complexity index is 165. The molecule has 0 amide bonds. The first-order valence-corrected chi connectivity index (χ1v) is 5.35. The van der Waals surface area contributed by atoms with Gasteiger partial charge in [0, 0.05) is 20.2 Å². The summed E-state index contributed by atoms with van der Waals surface area (Å²) in [7, 11) is 1.60. The Kier molecular flexibility index (Phi) is 11.8. The van der Waals surface area contributed by atoms with Gasteiger partial charge in [0.15, 0.2) is 0 Å². The highest BCUT2D eigenvalue weighted by Gasteiger charge is 2.01. The first kappa shape index (κ1) is 15.3. The fourth-order valence-corrected chi connectivity index (χ4v) is 0.925. The minimum atomic E-state index is -0.263. The average molecular weight is 235 g/mol. The highest BCUT2D eigenvalue weighted by Crippen LogP contribution is 1.86. The first-order chi connectivity index (χ1) is 7.81. The Morgan fingerprint density at radius 3 is 2.62 bits per heavy atom. The quantitative estimate of drug-likeness (QED) is 0.359. The van der Waals surface area contributed by atoms with E-state index in [0.717, 1.165) is 0 Å². The Morgan fingerprint density at radius 2 is 1.94 bits per heavy atom. The van der Waals surface area contributed by atoms with Crippen LogP contribution in [0.25, 0.3) is 0 Å². The monoisotopic (exact) mass is 235 g/mol. The number of rotatable bonds is 11. The number of methoxy groups -OCH3 is 1. The molecule has 0 saturated heterocycles. The van der Waals surface area contributed by atoms with Gasteiger partial charge in [-0.05, 0) is 0 Å². The van der Waals surface area contributed by atoms with Crippen LogP contribution >= 0.6 is 0 Å². The minimum Gasteiger partial charge on any atom is -0.463 e. The molecule has 96 valence electrons. The van der Waals surface area contributed by atoms with E-state index >= 15 is 0 Å². The number of aliphatic hydroxyl groups is 1. The van der Waals surface area contributed by atoms with Gasteiger partial charge in [-0.15, -0.1) is 0 Å². The van der Waals surface area contributed by atoms with Gasteiger partial charge in [0.2, 0.25) is 0 Å². The number of ether oxygens (including phenoxy) is 3. The molecule has 0 rings (SSSR count). The van der Waals surface area contributed by atoms with Gasteiger partial charge in [-0.2, -0.15) is 0 Å². The molecule has 0 fully saturated rings. The van der Waals surface area contributed by atoms with Crippen molar-refractivity contribution in [3.8, 4) is 0 Å². The summed E-state index contributed by atoms with van der Waals surface area (Å²) in [5.74, 6) is -0.263. The SMILES string of the molecule is COCCOCCOC(=O)CCNCCO. The van der Waals surface area contributed by atoms with Gasteiger partial charge < -0.3 is 24.6 Å². The minimum absolute atomic E-state index is 0.0718. The van der Waals surface area contributed by atoms with Gasteiger partial charge in [0.25, 0.3) is 0 Å². The van der Waals surface area contributed by atoms with E-state index in [1.165, 1.54) is 0 Å². The van der Waals surface area contributed by atoms with E-state index in [2.05, 4.69) is 5.32 Å². The van der Waals surface area contributed by atoms with E-state index in [1.807, 2.05) is 0 Å². The van der Waals surface area contributed by atoms with Crippen molar-refractivity contribution in [2.24, 2.45) is 0 Å². The molecule has 0 atom stereocenters. The van der Waals surface area contributed by atoms with E-state index in [0.29, 0.717) is 39.3 Å². The average Bonchev–Trinajstić information content (AvgIpc) is 2.29. The van der Waals surface area contributed by atoms with Crippen LogP contribution in [0.4, 0.5) is 0 Å². The lowest BCUT2D eigenvalue weighted by Crippen LogP contribution is -2.23. The molecule has 0 aliphatic rings. The molecule has 0 aliphatic heterocycles. The molecule has 0 saturated carbocycles. The van der Waals surface area contributed by atoms with Crippen molar-refractivity contribution in [1.82, 2.24) is 5.32 Å². The third kappa shape index (κ3) is 11.4. The predicted octanol–water partition coefficient (Wildman–Crippen LogP) is -0.835. The molecule has 6 heteroatoms. The molecule has 2 N–H and O–H groups in total. The van der Waals surface area contributed by atoms with Crippen molar-refractivity contribution in [2.45, 2.75) is 6.42 Å². The van der Waals surface area contributed by atoms with E-state index in [9.17, 15) is 4.79 Å². The van der Waals surface area contributed by atoms with Crippen molar-refractivity contribution < 1.29 is 24.1 Å². The standard InChI is InChI=1S/C10H21NO5/c1-14-6-7-15-8-9-16-10(13)2-3-11-4-5-12/h11-12H,2-9H2,1H3. The third-order valence-electron chi connectivity index (χ3n) is 1.72. The second-order valence-corrected chi connectivity index (χ2v) is 3.05. The third-order valence-corrected chi connectivity index (χ3v) is 1.72. The van der Waals surface area contributed by atoms with Gasteiger partial charge in [-0.3, -0.25) is 4.79 Å². The normalized spacial score (nSPS) is 10.4. The van der Waals surface area contributed by atoms with Crippen molar-refractivity contribution in [2.75, 3.05) is 53.2 Å². The first-order valence-electron chi connectivity index (χ1n) is 5.35. The lowest BCUT2D eigenvalue weighted by molar-refractivity contribution is -0.145. The largest absolute Gasteiger partial charge is 0.463 e. The maximum absolute atomic E-state index is 11.1. The molecule has 0 unspecified atom stereocenters. The molecular weight excluding hydrogens is 214 g/mol. The molecule has 0 aromatic heterocycles. The topological polar surface area (TPSA) is 77.0 Å². The molecule has 0 radical (unpaired) electrons. The van der Waals surface area contributed by atoms with Gasteiger partial charge in [0.1, 0.15) is 6.61 Å². The van der Waals surface area contributed by atoms with Crippen LogP contribution in [0.3, 0.4) is 0 Å². The highest BCUT2D eigenvalue weighted by atomic mass is 16.6. The zero-order chi connectivity index (χ0) is 12.1. The molecule has 0 bridgehead atoms. The number of carbonyl (C=O) groups excluding carboxylic acids is 1. The molecule has 6 nitrogen and oxygen atoms in total. The number of hydrogen-bond acceptors (Lipinski definition) is 6. The molecule has 0 spiro atoms. The fraction of sp³-hybridized carbons (Fsp3) is 0.900. The van der Waals surface area contributed by atoms with Crippen LogP contribution < -0.4 is 5.32 Å². The zero-order valence-electron chi connectivity index (χ0n) is 9.74. The molecule has 0 heterocycles. The molecule has 0 aromatic carbocycles. The highest BCUT2D eigenvalue weighted by molar-refractivity contribution is 5.69. The fourth-order valence-electron chi connectivity index (χ4n) is 0.925. The van der Waals surface area contributed by atoms with E-state index in [1.54, 1.807) is 7.11 Å². The molecule has 16 heavy (non-hydrogen) atoms. The number of aliphatic hydroxyl groups excluding tert-OH is 1. The summed E-state index contributed by atoms with van der Waals surface area (Å²) in [6.07, 6.45) is 0.304. The summed E-state index contributed by atoms with van der Waals surface area (Å²) >= 11 is 0. The summed E-state index contributed by atoms with van der Waals surface area (Å²) in [5.41, 5.74) is 0. The summed E-state index contributed by atoms with van der Waals surface area (Å²) in [6.45, 7) is 2.78. The Morgan fingerprint density at radius 1 is 1.19 bits per heavy atom. The summed E-state index contributed by atoms with van der Waals surface area (Å²) < 4.78 is 14.8. The van der Waals surface area contributed by atoms with Crippen LogP contribution in [0, 0.1) is 0 Å². The lowest BCUT2D eigenvalue weighted by atomic mass is 10.4. The zero-order valence-corrected chi connectivity index (χ0v) is 9.74. The summed E-state index contributed by atoms with van der Waals surface area (Å²) in [4.78, 5) is 11.1. The number of nitrogens with one attached hydrogen (secondary N) is 1. The van der Waals surface area contributed by atoms with E-state index < -0.39 is 0 Å². The van der Waals surface area contributed by atoms with Crippen LogP contribution in [0.1, 0.15) is 6.42 Å². The molecule has 0 aliphatic carbocycles. The van der Waals surface area contributed by atoms with Gasteiger partial charge >= 0.3 is 5.97 Å². The van der Waals surface area contributed by atoms with E-state index in [4.69, 9.17) is 19.3 Å². The Hall–Kier alpha value is -0.690. The van der Waals surface area contributed by atoms with Crippen LogP contribution in [0.2, 0.25) is 0 Å². The van der Waals surface area contributed by atoms with Gasteiger partial charge in [-0.1, -0.05) is 0 Å². The maximum Gasteiger partial charge on any atom is 0.307 e. The lowest BCUT2D eigenvalue weighted by Gasteiger charge is -2.06. The van der Waals surface area contributed by atoms with Crippen molar-refractivity contribution in [3.05, 3.63) is 0 Å². The predicted molar refractivity (Wildman–Crippen MR) is 58.2 cm³/mol. The summed E-state index contributed by atoms with van der Waals surface area (Å²) in [5, 5.41) is 11.4. The number of hydrogen-bond donors (Lipinski definition) is 2. The van der Waals surface area contributed by atoms with E-state index in [-0.39, 0.29) is 19.2 Å². The van der Waals surface area contributed by atoms with Crippen molar-refractivity contribution in [1.29, 1.82) is 0 Å². The number of esters is 1. The Balaban J connectivity index is 3.11. The van der Waals surface area contributed by atoms with Gasteiger partial charge in [0.05, 0.1) is 32.8 Å². The number of carbonyl (C=O) groups is 1. The van der Waals surface area contributed by atoms with Crippen LogP contribution in [0.15, 0.2) is 0 Å². The Labute approximate surface area is 95.9 Å². The maximum atomic E-state index is 11.1. The van der Waals surface area contributed by atoms with Gasteiger partial charge in [-0.25, -0.2) is 0 Å². The van der Waals surface area contributed by atoms with Crippen LogP contribution in [-0.4, -0.2) is 64.3 Å². The molecular formula is C10H21NO5. The van der Waals surface area contributed by atoms with Crippen molar-refractivity contribution >= 4 is 5.97 Å². The second kappa shape index (κ2) is 12.4.